The average molecular weight is 634 g/mol. The molecule has 0 radical (unpaired) electrons. The fraction of sp³-hybridized carbons (Fsp3) is 0.273. The molecule has 0 aliphatic heterocycles. The van der Waals surface area contributed by atoms with Crippen LogP contribution in [0.5, 0.6) is 11.5 Å². The van der Waals surface area contributed by atoms with Crippen LogP contribution in [0.4, 0.5) is 0 Å². The number of ether oxygens (including phenoxy) is 1. The number of halogens is 2. The lowest BCUT2D eigenvalue weighted by Crippen LogP contribution is -2.06. The number of fused-ring (bicyclic) bond motifs is 1. The van der Waals surface area contributed by atoms with Crippen molar-refractivity contribution in [1.82, 2.24) is 0 Å². The van der Waals surface area contributed by atoms with Crippen molar-refractivity contribution in [2.75, 3.05) is 13.2 Å². The molecule has 0 saturated heterocycles. The van der Waals surface area contributed by atoms with Crippen LogP contribution in [-0.2, 0) is 11.2 Å². The maximum absolute atomic E-state index is 13.4. The summed E-state index contributed by atoms with van der Waals surface area (Å²) in [6.07, 6.45) is 1.10. The first-order valence-corrected chi connectivity index (χ1v) is 11.5. The summed E-state index contributed by atoms with van der Waals surface area (Å²) in [6.45, 7) is 1.92. The monoisotopic (exact) mass is 634 g/mol. The highest BCUT2D eigenvalue weighted by Crippen LogP contribution is 2.34. The van der Waals surface area contributed by atoms with Gasteiger partial charge in [-0.15, -0.1) is 0 Å². The zero-order valence-electron chi connectivity index (χ0n) is 16.2. The van der Waals surface area contributed by atoms with E-state index in [0.29, 0.717) is 60.2 Å². The van der Waals surface area contributed by atoms with E-state index in [0.717, 1.165) is 0 Å². The summed E-state index contributed by atoms with van der Waals surface area (Å²) in [5.74, 6) is 0.963. The van der Waals surface area contributed by atoms with Crippen LogP contribution in [0.1, 0.15) is 41.4 Å². The van der Waals surface area contributed by atoms with E-state index in [2.05, 4.69) is 0 Å². The number of aromatic hydroxyl groups is 1. The molecule has 2 N–H and O–H groups in total. The third-order valence-electron chi connectivity index (χ3n) is 4.52. The van der Waals surface area contributed by atoms with Crippen molar-refractivity contribution in [2.24, 2.45) is 0 Å². The molecule has 158 valence electrons. The maximum atomic E-state index is 13.4. The Bertz CT molecular complexity index is 1080. The minimum Gasteiger partial charge on any atom is -0.506 e. The zero-order valence-corrected chi connectivity index (χ0v) is 20.5. The number of benzene rings is 2. The normalized spacial score (nSPS) is 11.1. The Morgan fingerprint density at radius 2 is 1.83 bits per heavy atom. The van der Waals surface area contributed by atoms with Gasteiger partial charge in [-0.3, -0.25) is 4.79 Å². The first-order valence-electron chi connectivity index (χ1n) is 9.33. The van der Waals surface area contributed by atoms with Crippen LogP contribution in [0.25, 0.3) is 11.0 Å². The fourth-order valence-corrected chi connectivity index (χ4v) is 4.80. The van der Waals surface area contributed by atoms with E-state index >= 15 is 0 Å². The SMILES string of the molecule is CC(=O)CCc1oc2cc(OCCCO)ccc2c1C(=O)c1cc(I)c(O)c(I)c1. The molecule has 0 spiro atoms. The second-order valence-electron chi connectivity index (χ2n) is 6.80. The molecular weight excluding hydrogens is 614 g/mol. The lowest BCUT2D eigenvalue weighted by molar-refractivity contribution is -0.117. The van der Waals surface area contributed by atoms with Gasteiger partial charge in [0.15, 0.2) is 5.78 Å². The second-order valence-corrected chi connectivity index (χ2v) is 9.13. The maximum Gasteiger partial charge on any atom is 0.197 e. The van der Waals surface area contributed by atoms with Gasteiger partial charge in [-0.25, -0.2) is 0 Å². The van der Waals surface area contributed by atoms with Crippen molar-refractivity contribution in [3.8, 4) is 11.5 Å². The van der Waals surface area contributed by atoms with Gasteiger partial charge in [0.25, 0.3) is 0 Å². The van der Waals surface area contributed by atoms with Crippen LogP contribution in [0.3, 0.4) is 0 Å². The van der Waals surface area contributed by atoms with Crippen molar-refractivity contribution in [3.05, 3.63) is 54.4 Å². The Labute approximate surface area is 200 Å². The van der Waals surface area contributed by atoms with Crippen LogP contribution in [0.15, 0.2) is 34.7 Å². The molecule has 1 aromatic heterocycles. The molecule has 1 heterocycles. The standard InChI is InChI=1S/C22H20I2O6/c1-12(26)3-6-18-20(21(27)13-9-16(23)22(28)17(24)10-13)15-5-4-14(11-19(15)30-18)29-8-2-7-25/h4-5,9-11,25,28H,2-3,6-8H2,1H3. The molecule has 30 heavy (non-hydrogen) atoms. The molecule has 0 fully saturated rings. The number of hydrogen-bond donors (Lipinski definition) is 2. The van der Waals surface area contributed by atoms with Gasteiger partial charge in [-0.1, -0.05) is 0 Å². The lowest BCUT2D eigenvalue weighted by Gasteiger charge is -2.07. The third kappa shape index (κ3) is 5.14. The van der Waals surface area contributed by atoms with Crippen LogP contribution in [0.2, 0.25) is 0 Å². The number of carbonyl (C=O) groups is 2. The first-order chi connectivity index (χ1) is 14.3. The minimum atomic E-state index is -0.225. The molecule has 0 bridgehead atoms. The zero-order chi connectivity index (χ0) is 21.8. The molecule has 6 nitrogen and oxygen atoms in total. The number of phenolic OH excluding ortho intramolecular Hbond substituents is 1. The fourth-order valence-electron chi connectivity index (χ4n) is 3.03. The van der Waals surface area contributed by atoms with Crippen molar-refractivity contribution in [1.29, 1.82) is 0 Å². The van der Waals surface area contributed by atoms with Crippen molar-refractivity contribution >= 4 is 67.7 Å². The molecule has 3 rings (SSSR count). The smallest absolute Gasteiger partial charge is 0.197 e. The van der Waals surface area contributed by atoms with Gasteiger partial charge < -0.3 is 24.2 Å². The Balaban J connectivity index is 2.06. The van der Waals surface area contributed by atoms with E-state index in [9.17, 15) is 14.7 Å². The summed E-state index contributed by atoms with van der Waals surface area (Å²) in [5.41, 5.74) is 1.36. The summed E-state index contributed by atoms with van der Waals surface area (Å²) in [6, 6.07) is 8.52. The molecule has 0 aliphatic rings. The summed E-state index contributed by atoms with van der Waals surface area (Å²) in [5, 5.41) is 19.6. The van der Waals surface area contributed by atoms with Gasteiger partial charge in [-0.2, -0.15) is 0 Å². The Morgan fingerprint density at radius 1 is 1.13 bits per heavy atom. The topological polar surface area (TPSA) is 97.0 Å². The van der Waals surface area contributed by atoms with Gasteiger partial charge >= 0.3 is 0 Å². The van der Waals surface area contributed by atoms with Crippen LogP contribution in [0, 0.1) is 7.14 Å². The molecule has 0 unspecified atom stereocenters. The average Bonchev–Trinajstić information content (AvgIpc) is 3.07. The van der Waals surface area contributed by atoms with Crippen molar-refractivity contribution < 1.29 is 29.0 Å². The van der Waals surface area contributed by atoms with Crippen molar-refractivity contribution in [2.45, 2.75) is 26.2 Å². The largest absolute Gasteiger partial charge is 0.506 e. The lowest BCUT2D eigenvalue weighted by atomic mass is 9.98. The second kappa shape index (κ2) is 10.1. The molecule has 0 saturated carbocycles. The molecule has 2 aromatic carbocycles. The number of Topliss-reactive ketones (excluding diaryl/α,β-unsaturated/α-hetero) is 1. The Hall–Kier alpha value is -1.66. The predicted octanol–water partition coefficient (Wildman–Crippen LogP) is 4.86. The van der Waals surface area contributed by atoms with Crippen LogP contribution >= 0.6 is 45.2 Å². The van der Waals surface area contributed by atoms with Crippen LogP contribution in [-0.4, -0.2) is 35.0 Å². The van der Waals surface area contributed by atoms with E-state index in [4.69, 9.17) is 14.3 Å². The van der Waals surface area contributed by atoms with Gasteiger partial charge in [0.05, 0.1) is 19.3 Å². The molecule has 0 amide bonds. The summed E-state index contributed by atoms with van der Waals surface area (Å²) < 4.78 is 12.7. The van der Waals surface area contributed by atoms with Crippen LogP contribution < -0.4 is 4.74 Å². The van der Waals surface area contributed by atoms with E-state index in [1.165, 1.54) is 6.92 Å². The molecular formula is C22H20I2O6. The van der Waals surface area contributed by atoms with Gasteiger partial charge in [0.1, 0.15) is 28.6 Å². The Morgan fingerprint density at radius 3 is 2.47 bits per heavy atom. The molecule has 3 aromatic rings. The van der Waals surface area contributed by atoms with Gasteiger partial charge in [-0.05, 0) is 76.4 Å². The third-order valence-corrected chi connectivity index (χ3v) is 6.16. The number of aliphatic hydroxyl groups excluding tert-OH is 1. The number of carbonyl (C=O) groups excluding carboxylic acids is 2. The van der Waals surface area contributed by atoms with E-state index in [-0.39, 0.29) is 30.3 Å². The Kier molecular flexibility index (Phi) is 7.75. The summed E-state index contributed by atoms with van der Waals surface area (Å²) >= 11 is 3.98. The van der Waals surface area contributed by atoms with E-state index < -0.39 is 0 Å². The van der Waals surface area contributed by atoms with Gasteiger partial charge in [0, 0.05) is 42.9 Å². The number of hydrogen-bond acceptors (Lipinski definition) is 6. The number of rotatable bonds is 9. The van der Waals surface area contributed by atoms with E-state index in [1.54, 1.807) is 30.3 Å². The van der Waals surface area contributed by atoms with Crippen molar-refractivity contribution in [3.63, 3.8) is 0 Å². The number of phenols is 1. The quantitative estimate of drug-likeness (QED) is 0.199. The highest BCUT2D eigenvalue weighted by Gasteiger charge is 2.24. The number of aliphatic hydroxyl groups is 1. The molecule has 0 aliphatic carbocycles. The predicted molar refractivity (Wildman–Crippen MR) is 129 cm³/mol. The first kappa shape index (κ1) is 23.0. The highest BCUT2D eigenvalue weighted by atomic mass is 127. The van der Waals surface area contributed by atoms with Gasteiger partial charge in [0.2, 0.25) is 0 Å². The minimum absolute atomic E-state index is 0.00983. The molecule has 0 atom stereocenters. The number of aryl methyl sites for hydroxylation is 1. The van der Waals surface area contributed by atoms with E-state index in [1.807, 2.05) is 45.2 Å². The molecule has 8 heteroatoms. The number of ketones is 2. The number of furan rings is 1. The summed E-state index contributed by atoms with van der Waals surface area (Å²) in [7, 11) is 0. The highest BCUT2D eigenvalue weighted by molar-refractivity contribution is 14.1. The summed E-state index contributed by atoms with van der Waals surface area (Å²) in [4.78, 5) is 24.9.